The van der Waals surface area contributed by atoms with E-state index < -0.39 is 0 Å². The highest BCUT2D eigenvalue weighted by atomic mass is 32.1. The molecule has 252 valence electrons. The first-order valence-corrected chi connectivity index (χ1v) is 17.2. The number of nitrogens with zero attached hydrogens (tertiary/aromatic N) is 8. The van der Waals surface area contributed by atoms with E-state index in [0.717, 1.165) is 60.5 Å². The monoisotopic (exact) mass is 681 g/mol. The van der Waals surface area contributed by atoms with Gasteiger partial charge in [0, 0.05) is 54.7 Å². The molecule has 7 heterocycles. The Morgan fingerprint density at radius 3 is 2.73 bits per heavy atom. The van der Waals surface area contributed by atoms with Gasteiger partial charge in [-0.3, -0.25) is 9.59 Å². The van der Waals surface area contributed by atoms with E-state index in [1.807, 2.05) is 43.3 Å². The fourth-order valence-corrected chi connectivity index (χ4v) is 7.68. The molecule has 4 aromatic heterocycles. The van der Waals surface area contributed by atoms with E-state index >= 15 is 0 Å². The summed E-state index contributed by atoms with van der Waals surface area (Å²) in [5, 5.41) is 4.63. The number of esters is 1. The number of piperazine rings is 1. The Kier molecular flexibility index (Phi) is 8.00. The zero-order chi connectivity index (χ0) is 33.6. The van der Waals surface area contributed by atoms with Crippen LogP contribution in [0.15, 0.2) is 53.6 Å². The van der Waals surface area contributed by atoms with Gasteiger partial charge in [0.25, 0.3) is 11.5 Å². The van der Waals surface area contributed by atoms with E-state index in [-0.39, 0.29) is 24.0 Å². The van der Waals surface area contributed by atoms with Crippen LogP contribution < -0.4 is 25.4 Å². The van der Waals surface area contributed by atoms with Gasteiger partial charge in [0.15, 0.2) is 12.3 Å². The number of nitrogens with one attached hydrogen (secondary N) is 1. The average molecular weight is 682 g/mol. The van der Waals surface area contributed by atoms with E-state index in [4.69, 9.17) is 14.5 Å². The summed E-state index contributed by atoms with van der Waals surface area (Å²) in [6.45, 7) is 6.29. The molecule has 3 aliphatic rings. The Bertz CT molecular complexity index is 2200. The summed E-state index contributed by atoms with van der Waals surface area (Å²) in [4.78, 5) is 60.3. The van der Waals surface area contributed by atoms with Crippen LogP contribution in [0.1, 0.15) is 29.4 Å². The zero-order valence-electron chi connectivity index (χ0n) is 27.2. The number of ether oxygens (including phenoxy) is 2. The number of anilines is 4. The highest BCUT2D eigenvalue weighted by Gasteiger charge is 2.29. The minimum atomic E-state index is -0.319. The third-order valence-electron chi connectivity index (χ3n) is 9.06. The fourth-order valence-electron chi connectivity index (χ4n) is 6.58. The van der Waals surface area contributed by atoms with Crippen LogP contribution in [0.25, 0.3) is 26.8 Å². The summed E-state index contributed by atoms with van der Waals surface area (Å²) in [6.07, 6.45) is 8.65. The number of carbonyl (C=O) groups is 2. The molecule has 2 bridgehead atoms. The lowest BCUT2D eigenvalue weighted by Gasteiger charge is -2.34. The lowest BCUT2D eigenvalue weighted by atomic mass is 10.1. The van der Waals surface area contributed by atoms with E-state index in [0.29, 0.717) is 58.8 Å². The van der Waals surface area contributed by atoms with Crippen LogP contribution in [0.4, 0.5) is 23.0 Å². The Balaban J connectivity index is 1.21. The molecule has 1 fully saturated rings. The molecule has 3 aliphatic heterocycles. The van der Waals surface area contributed by atoms with Crippen molar-refractivity contribution in [2.24, 2.45) is 0 Å². The van der Waals surface area contributed by atoms with Crippen molar-refractivity contribution in [2.75, 3.05) is 68.1 Å². The summed E-state index contributed by atoms with van der Waals surface area (Å²) in [5.74, 6) is 0.218. The molecule has 0 radical (unpaired) electrons. The number of carbonyl (C=O) groups excluding carboxylic acids is 2. The average Bonchev–Trinajstić information content (AvgIpc) is 3.61. The number of rotatable bonds is 5. The maximum absolute atomic E-state index is 13.7. The van der Waals surface area contributed by atoms with Crippen molar-refractivity contribution >= 4 is 67.3 Å². The van der Waals surface area contributed by atoms with Crippen molar-refractivity contribution < 1.29 is 19.1 Å². The van der Waals surface area contributed by atoms with Crippen LogP contribution in [-0.2, 0) is 16.1 Å². The number of hydrogen-bond donors (Lipinski definition) is 1. The van der Waals surface area contributed by atoms with Crippen LogP contribution >= 0.6 is 11.3 Å². The van der Waals surface area contributed by atoms with Crippen molar-refractivity contribution in [3.63, 3.8) is 0 Å². The Labute approximate surface area is 285 Å². The third-order valence-corrected chi connectivity index (χ3v) is 10.2. The quantitative estimate of drug-likeness (QED) is 0.213. The number of hydrogen-bond acceptors (Lipinski definition) is 12. The van der Waals surface area contributed by atoms with Crippen LogP contribution in [0.5, 0.6) is 5.88 Å². The summed E-state index contributed by atoms with van der Waals surface area (Å²) in [7, 11) is 2.10. The molecule has 0 atom stereocenters. The number of amides is 1. The predicted molar refractivity (Wildman–Crippen MR) is 188 cm³/mol. The number of thiophene rings is 1. The summed E-state index contributed by atoms with van der Waals surface area (Å²) in [5.41, 5.74) is 2.90. The van der Waals surface area contributed by atoms with Gasteiger partial charge in [0.2, 0.25) is 11.8 Å². The van der Waals surface area contributed by atoms with Crippen LogP contribution in [0.3, 0.4) is 0 Å². The molecule has 49 heavy (non-hydrogen) atoms. The smallest absolute Gasteiger partial charge is 0.350 e. The number of likely N-dealkylation sites (N-methyl/N-ethyl adjacent to an activating group) is 1. The molecule has 1 amide bonds. The highest BCUT2D eigenvalue weighted by molar-refractivity contribution is 7.21. The summed E-state index contributed by atoms with van der Waals surface area (Å²) >= 11 is 1.43. The van der Waals surface area contributed by atoms with Crippen molar-refractivity contribution in [1.82, 2.24) is 29.2 Å². The van der Waals surface area contributed by atoms with Crippen LogP contribution in [0.2, 0.25) is 0 Å². The molecule has 0 spiro atoms. The molecular formula is C34H35N9O5S. The molecule has 0 unspecified atom stereocenters. The largest absolute Gasteiger partial charge is 0.466 e. The lowest BCUT2D eigenvalue weighted by Crippen LogP contribution is -2.44. The molecule has 1 aromatic carbocycles. The topological polar surface area (TPSA) is 140 Å². The fraction of sp³-hybridized carbons (Fsp3) is 0.353. The molecular weight excluding hydrogens is 646 g/mol. The second-order valence-electron chi connectivity index (χ2n) is 12.2. The molecule has 5 aromatic rings. The van der Waals surface area contributed by atoms with Gasteiger partial charge >= 0.3 is 5.97 Å². The van der Waals surface area contributed by atoms with Gasteiger partial charge in [-0.05, 0) is 51.1 Å². The highest BCUT2D eigenvalue weighted by Crippen LogP contribution is 2.41. The first-order valence-electron chi connectivity index (χ1n) is 16.4. The van der Waals surface area contributed by atoms with Gasteiger partial charge in [-0.2, -0.15) is 4.98 Å². The Morgan fingerprint density at radius 1 is 1.04 bits per heavy atom. The zero-order valence-corrected chi connectivity index (χ0v) is 28.0. The van der Waals surface area contributed by atoms with Crippen LogP contribution in [-0.4, -0.2) is 94.1 Å². The molecule has 1 saturated heterocycles. The summed E-state index contributed by atoms with van der Waals surface area (Å²) < 4.78 is 15.4. The molecule has 14 nitrogen and oxygen atoms in total. The van der Waals surface area contributed by atoms with Crippen molar-refractivity contribution in [1.29, 1.82) is 0 Å². The molecule has 0 aliphatic carbocycles. The number of aromatic nitrogens is 5. The SMILES string of the molecule is CCOC(=O)c1sc2ccc(Nc3ncc4c(=O)n5n(c4n3)-c3cnc4c(c3)N(CCCC=CC5)C(=O)CO4)cc2c1N1CCN(C)CC1. The van der Waals surface area contributed by atoms with Crippen molar-refractivity contribution in [3.05, 3.63) is 64.0 Å². The third kappa shape index (κ3) is 5.57. The van der Waals surface area contributed by atoms with E-state index in [2.05, 4.69) is 32.1 Å². The van der Waals surface area contributed by atoms with Gasteiger partial charge in [-0.1, -0.05) is 12.2 Å². The van der Waals surface area contributed by atoms with E-state index in [1.54, 1.807) is 20.5 Å². The van der Waals surface area contributed by atoms with E-state index in [1.165, 1.54) is 17.5 Å². The second-order valence-corrected chi connectivity index (χ2v) is 13.3. The molecule has 0 saturated carbocycles. The minimum absolute atomic E-state index is 0.0627. The van der Waals surface area contributed by atoms with Crippen molar-refractivity contribution in [3.8, 4) is 11.6 Å². The number of allylic oxidation sites excluding steroid dienone is 2. The standard InChI is InChI=1S/C34H35N9O5S/c1-3-47-33(46)29-28(40-14-12-39(2)13-15-40)23-16-21(8-9-26(23)49-29)37-34-36-19-24-30(38-34)43-22-17-25-31(35-18-22)48-20-27(44)41(25)10-6-4-5-7-11-42(43)32(24)45/h5,7-9,16-19H,3-4,6,10-15,20H2,1-2H3,(H,36,37,38). The lowest BCUT2D eigenvalue weighted by molar-refractivity contribution is -0.121. The first-order chi connectivity index (χ1) is 23.9. The maximum atomic E-state index is 13.7. The van der Waals surface area contributed by atoms with Crippen molar-refractivity contribution in [2.45, 2.75) is 26.3 Å². The van der Waals surface area contributed by atoms with Gasteiger partial charge in [0.1, 0.15) is 16.0 Å². The number of benzene rings is 1. The van der Waals surface area contributed by atoms with Gasteiger partial charge in [-0.15, -0.1) is 11.3 Å². The van der Waals surface area contributed by atoms with E-state index in [9.17, 15) is 14.4 Å². The maximum Gasteiger partial charge on any atom is 0.350 e. The Morgan fingerprint density at radius 2 is 1.90 bits per heavy atom. The number of pyridine rings is 1. The number of fused-ring (bicyclic) bond motifs is 6. The van der Waals surface area contributed by atoms with Gasteiger partial charge in [-0.25, -0.2) is 24.1 Å². The molecule has 8 rings (SSSR count). The molecule has 1 N–H and O–H groups in total. The first kappa shape index (κ1) is 31.0. The predicted octanol–water partition coefficient (Wildman–Crippen LogP) is 3.94. The Hall–Kier alpha value is -5.28. The van der Waals surface area contributed by atoms with Gasteiger partial charge < -0.3 is 29.5 Å². The minimum Gasteiger partial charge on any atom is -0.466 e. The molecule has 15 heteroatoms. The second kappa shape index (κ2) is 12.6. The summed E-state index contributed by atoms with van der Waals surface area (Å²) in [6, 6.07) is 7.74. The van der Waals surface area contributed by atoms with Crippen LogP contribution in [0, 0.1) is 0 Å². The normalized spacial score (nSPS) is 16.7. The van der Waals surface area contributed by atoms with Gasteiger partial charge in [0.05, 0.1) is 30.7 Å².